The predicted octanol–water partition coefficient (Wildman–Crippen LogP) is 3.34. The molecule has 6 heterocycles. The van der Waals surface area contributed by atoms with Gasteiger partial charge in [0.2, 0.25) is 11.7 Å². The van der Waals surface area contributed by atoms with Gasteiger partial charge in [0.1, 0.15) is 0 Å². The minimum Gasteiger partial charge on any atom is -0.479 e. The minimum atomic E-state index is -1.10. The maximum atomic E-state index is 13.4. The maximum absolute atomic E-state index is 13.4. The SMILES string of the molecule is Cc1cc(N2CC[C@](C)(c3ccccc3)C2)cn2nc(C(=O)NC3CC4(C3)CN(C(=O)C35CCC(C(=O)O)(CC3)OC5)C4)nc12. The number of nitrogens with zero attached hydrogens (tertiary/aromatic N) is 5. The number of amides is 2. The highest BCUT2D eigenvalue weighted by atomic mass is 16.5. The molecule has 9 rings (SSSR count). The molecule has 45 heavy (non-hydrogen) atoms. The van der Waals surface area contributed by atoms with Crippen LogP contribution in [0.3, 0.4) is 0 Å². The number of aliphatic carboxylic acids is 1. The van der Waals surface area contributed by atoms with Crippen LogP contribution in [0.25, 0.3) is 5.65 Å². The van der Waals surface area contributed by atoms with Crippen molar-refractivity contribution >= 4 is 29.1 Å². The molecule has 6 aliphatic rings. The van der Waals surface area contributed by atoms with Gasteiger partial charge in [0.05, 0.1) is 23.9 Å². The highest BCUT2D eigenvalue weighted by Gasteiger charge is 2.61. The number of rotatable bonds is 6. The molecule has 0 radical (unpaired) electrons. The molecule has 2 N–H and O–H groups in total. The van der Waals surface area contributed by atoms with Crippen LogP contribution in [0.1, 0.15) is 73.6 Å². The van der Waals surface area contributed by atoms with Gasteiger partial charge >= 0.3 is 5.97 Å². The number of aryl methyl sites for hydroxylation is 1. The third-order valence-electron chi connectivity index (χ3n) is 11.6. The van der Waals surface area contributed by atoms with Crippen LogP contribution in [-0.4, -0.2) is 86.8 Å². The number of carboxylic acid groups (broad SMARTS) is 1. The second-order valence-electron chi connectivity index (χ2n) is 14.8. The number of nitrogens with one attached hydrogen (secondary N) is 1. The van der Waals surface area contributed by atoms with Gasteiger partial charge < -0.3 is 25.0 Å². The van der Waals surface area contributed by atoms with Crippen molar-refractivity contribution in [3.8, 4) is 0 Å². The average molecular weight is 613 g/mol. The summed E-state index contributed by atoms with van der Waals surface area (Å²) in [6, 6.07) is 12.8. The molecule has 1 atom stereocenters. The minimum absolute atomic E-state index is 0.0281. The van der Waals surface area contributed by atoms with Crippen LogP contribution in [0, 0.1) is 17.8 Å². The van der Waals surface area contributed by atoms with Crippen molar-refractivity contribution < 1.29 is 24.2 Å². The Balaban J connectivity index is 0.868. The molecule has 11 nitrogen and oxygen atoms in total. The summed E-state index contributed by atoms with van der Waals surface area (Å²) in [6.45, 7) is 7.74. The highest BCUT2D eigenvalue weighted by molar-refractivity contribution is 5.91. The molecule has 1 spiro atoms. The number of anilines is 1. The van der Waals surface area contributed by atoms with Crippen molar-refractivity contribution in [3.63, 3.8) is 0 Å². The van der Waals surface area contributed by atoms with E-state index in [4.69, 9.17) is 4.74 Å². The fourth-order valence-corrected chi connectivity index (χ4v) is 8.74. The van der Waals surface area contributed by atoms with Gasteiger partial charge in [-0.25, -0.2) is 14.3 Å². The fraction of sp³-hybridized carbons (Fsp3) is 0.559. The lowest BCUT2D eigenvalue weighted by molar-refractivity contribution is -0.217. The third kappa shape index (κ3) is 4.45. The first-order valence-corrected chi connectivity index (χ1v) is 16.2. The normalized spacial score (nSPS) is 30.4. The van der Waals surface area contributed by atoms with E-state index in [9.17, 15) is 19.5 Å². The van der Waals surface area contributed by atoms with Crippen molar-refractivity contribution in [1.29, 1.82) is 0 Å². The van der Waals surface area contributed by atoms with Crippen LogP contribution in [-0.2, 0) is 19.7 Å². The van der Waals surface area contributed by atoms with E-state index in [-0.39, 0.29) is 41.1 Å². The van der Waals surface area contributed by atoms with E-state index in [0.717, 1.165) is 43.6 Å². The summed E-state index contributed by atoms with van der Waals surface area (Å²) < 4.78 is 7.47. The molecule has 0 unspecified atom stereocenters. The Morgan fingerprint density at radius 1 is 1.02 bits per heavy atom. The lowest BCUT2D eigenvalue weighted by Gasteiger charge is -2.61. The van der Waals surface area contributed by atoms with E-state index in [0.29, 0.717) is 44.4 Å². The largest absolute Gasteiger partial charge is 0.479 e. The first kappa shape index (κ1) is 28.5. The summed E-state index contributed by atoms with van der Waals surface area (Å²) >= 11 is 0. The Hall–Kier alpha value is -3.99. The standard InChI is InChI=1S/C34H40N6O5/c1-22-14-25(38-13-12-31(2,18-38)23-6-4-3-5-7-23)17-40-27(22)36-26(37-40)28(41)35-24-15-32(16-24)19-39(20-32)29(42)33-8-10-34(11-9-33,30(43)44)45-21-33/h3-7,14,17,24H,8-13,15-16,18-21H2,1-2H3,(H,35,41)(H,43,44)/t31-,33?,34?/m0/s1. The molecule has 2 bridgehead atoms. The summed E-state index contributed by atoms with van der Waals surface area (Å²) in [5.74, 6) is -0.919. The Morgan fingerprint density at radius 3 is 2.42 bits per heavy atom. The van der Waals surface area contributed by atoms with Gasteiger partial charge in [-0.15, -0.1) is 5.10 Å². The molecular weight excluding hydrogens is 572 g/mol. The summed E-state index contributed by atoms with van der Waals surface area (Å²) in [7, 11) is 0. The number of likely N-dealkylation sites (tertiary alicyclic amines) is 1. The van der Waals surface area contributed by atoms with Crippen LogP contribution in [0.15, 0.2) is 42.6 Å². The summed E-state index contributed by atoms with van der Waals surface area (Å²) in [5.41, 5.74) is 2.52. The Kier molecular flexibility index (Phi) is 6.17. The summed E-state index contributed by atoms with van der Waals surface area (Å²) in [5, 5.41) is 17.2. The van der Waals surface area contributed by atoms with Crippen LogP contribution in [0.2, 0.25) is 0 Å². The number of benzene rings is 1. The van der Waals surface area contributed by atoms with Gasteiger partial charge in [-0.2, -0.15) is 0 Å². The molecule has 1 aromatic carbocycles. The summed E-state index contributed by atoms with van der Waals surface area (Å²) in [4.78, 5) is 47.2. The van der Waals surface area contributed by atoms with E-state index in [1.165, 1.54) is 5.56 Å². The molecule has 3 aromatic rings. The summed E-state index contributed by atoms with van der Waals surface area (Å²) in [6.07, 6.45) is 6.61. The molecule has 2 saturated carbocycles. The van der Waals surface area contributed by atoms with Crippen LogP contribution in [0.5, 0.6) is 0 Å². The van der Waals surface area contributed by atoms with Gasteiger partial charge in [-0.3, -0.25) is 9.59 Å². The molecule has 11 heteroatoms. The number of pyridine rings is 1. The van der Waals surface area contributed by atoms with Crippen molar-refractivity contribution in [1.82, 2.24) is 24.8 Å². The number of carbonyl (C=O) groups is 3. The second-order valence-corrected chi connectivity index (χ2v) is 14.8. The fourth-order valence-electron chi connectivity index (χ4n) is 8.74. The average Bonchev–Trinajstić information content (AvgIpc) is 3.64. The highest BCUT2D eigenvalue weighted by Crippen LogP contribution is 2.54. The van der Waals surface area contributed by atoms with Crippen LogP contribution < -0.4 is 10.2 Å². The Labute approximate surface area is 261 Å². The molecule has 6 fully saturated rings. The van der Waals surface area contributed by atoms with E-state index >= 15 is 0 Å². The van der Waals surface area contributed by atoms with Crippen molar-refractivity contribution in [2.75, 3.05) is 37.7 Å². The van der Waals surface area contributed by atoms with Crippen molar-refractivity contribution in [2.45, 2.75) is 75.9 Å². The number of aromatic nitrogens is 3. The zero-order chi connectivity index (χ0) is 31.2. The number of fused-ring (bicyclic) bond motifs is 4. The van der Waals surface area contributed by atoms with Crippen LogP contribution >= 0.6 is 0 Å². The zero-order valence-corrected chi connectivity index (χ0v) is 25.9. The monoisotopic (exact) mass is 612 g/mol. The molecule has 4 aliphatic heterocycles. The number of hydrogen-bond donors (Lipinski definition) is 2. The molecule has 2 aromatic heterocycles. The van der Waals surface area contributed by atoms with Gasteiger partial charge in [0.15, 0.2) is 11.2 Å². The van der Waals surface area contributed by atoms with Crippen molar-refractivity contribution in [2.24, 2.45) is 10.8 Å². The van der Waals surface area contributed by atoms with E-state index in [1.54, 1.807) is 4.52 Å². The lowest BCUT2D eigenvalue weighted by atomic mass is 9.59. The zero-order valence-electron chi connectivity index (χ0n) is 25.9. The third-order valence-corrected chi connectivity index (χ3v) is 11.6. The Bertz CT molecular complexity index is 1680. The van der Waals surface area contributed by atoms with E-state index in [1.807, 2.05) is 18.0 Å². The van der Waals surface area contributed by atoms with Gasteiger partial charge in [-0.1, -0.05) is 37.3 Å². The smallest absolute Gasteiger partial charge is 0.335 e. The number of carbonyl (C=O) groups excluding carboxylic acids is 2. The van der Waals surface area contributed by atoms with E-state index in [2.05, 4.69) is 63.6 Å². The number of ether oxygens (including phenoxy) is 1. The topological polar surface area (TPSA) is 129 Å². The quantitative estimate of drug-likeness (QED) is 0.434. The van der Waals surface area contributed by atoms with E-state index < -0.39 is 17.0 Å². The second kappa shape index (κ2) is 9.75. The number of hydrogen-bond acceptors (Lipinski definition) is 7. The van der Waals surface area contributed by atoms with Crippen molar-refractivity contribution in [3.05, 3.63) is 59.5 Å². The molecule has 2 amide bonds. The lowest BCUT2D eigenvalue weighted by Crippen LogP contribution is -2.70. The first-order valence-electron chi connectivity index (χ1n) is 16.2. The van der Waals surface area contributed by atoms with Crippen LogP contribution in [0.4, 0.5) is 5.69 Å². The number of carboxylic acids is 1. The Morgan fingerprint density at radius 2 is 1.76 bits per heavy atom. The molecule has 2 aliphatic carbocycles. The van der Waals surface area contributed by atoms with Gasteiger partial charge in [-0.05, 0) is 69.1 Å². The first-order chi connectivity index (χ1) is 21.5. The molecule has 236 valence electrons. The van der Waals surface area contributed by atoms with Gasteiger partial charge in [0, 0.05) is 43.1 Å². The molecule has 4 saturated heterocycles. The predicted molar refractivity (Wildman–Crippen MR) is 165 cm³/mol. The molecular formula is C34H40N6O5. The maximum Gasteiger partial charge on any atom is 0.335 e. The van der Waals surface area contributed by atoms with Gasteiger partial charge in [0.25, 0.3) is 5.91 Å².